The maximum absolute atomic E-state index is 11.7. The summed E-state index contributed by atoms with van der Waals surface area (Å²) in [5.41, 5.74) is 4.75. The van der Waals surface area contributed by atoms with E-state index in [-0.39, 0.29) is 5.75 Å². The van der Waals surface area contributed by atoms with Crippen LogP contribution in [0.4, 0.5) is 4.79 Å². The Hall–Kier alpha value is -2.24. The highest BCUT2D eigenvalue weighted by atomic mass is 16.6. The standard InChI is InChI=1S/C16H24N2O4/c1-2-3-4-5-6-7-12-22-16(21)18-17-15(20)13-8-10-14(19)11-9-13/h8-11,19H,2-7,12H2,1H3,(H,17,20)(H,18,21). The van der Waals surface area contributed by atoms with Gasteiger partial charge in [-0.05, 0) is 30.7 Å². The Bertz CT molecular complexity index is 460. The Balaban J connectivity index is 2.10. The van der Waals surface area contributed by atoms with E-state index in [4.69, 9.17) is 9.84 Å². The first-order chi connectivity index (χ1) is 10.6. The lowest BCUT2D eigenvalue weighted by atomic mass is 10.1. The molecule has 6 heteroatoms. The average Bonchev–Trinajstić information content (AvgIpc) is 2.52. The van der Waals surface area contributed by atoms with Crippen LogP contribution < -0.4 is 10.9 Å². The zero-order valence-electron chi connectivity index (χ0n) is 12.9. The van der Waals surface area contributed by atoms with Crippen molar-refractivity contribution >= 4 is 12.0 Å². The van der Waals surface area contributed by atoms with Crippen molar-refractivity contribution in [3.63, 3.8) is 0 Å². The summed E-state index contributed by atoms with van der Waals surface area (Å²) in [6, 6.07) is 5.69. The van der Waals surface area contributed by atoms with Crippen LogP contribution in [0, 0.1) is 0 Å². The Kier molecular flexibility index (Phi) is 8.49. The highest BCUT2D eigenvalue weighted by molar-refractivity contribution is 5.94. The average molecular weight is 308 g/mol. The number of phenolic OH excluding ortho intramolecular Hbond substituents is 1. The molecule has 1 aromatic rings. The number of benzene rings is 1. The van der Waals surface area contributed by atoms with E-state index in [0.717, 1.165) is 19.3 Å². The lowest BCUT2D eigenvalue weighted by Gasteiger charge is -2.08. The molecule has 0 aliphatic rings. The molecule has 0 aliphatic carbocycles. The minimum absolute atomic E-state index is 0.0721. The third-order valence-corrected chi connectivity index (χ3v) is 3.14. The smallest absolute Gasteiger partial charge is 0.426 e. The van der Waals surface area contributed by atoms with Gasteiger partial charge in [0.2, 0.25) is 0 Å². The molecule has 1 rings (SSSR count). The van der Waals surface area contributed by atoms with Crippen LogP contribution in [-0.2, 0) is 4.74 Å². The summed E-state index contributed by atoms with van der Waals surface area (Å²) in [5, 5.41) is 9.12. The van der Waals surface area contributed by atoms with Gasteiger partial charge in [-0.15, -0.1) is 0 Å². The van der Waals surface area contributed by atoms with E-state index >= 15 is 0 Å². The highest BCUT2D eigenvalue weighted by Crippen LogP contribution is 2.09. The molecule has 0 aromatic heterocycles. The summed E-state index contributed by atoms with van der Waals surface area (Å²) in [4.78, 5) is 23.1. The van der Waals surface area contributed by atoms with E-state index in [9.17, 15) is 9.59 Å². The highest BCUT2D eigenvalue weighted by Gasteiger charge is 2.07. The van der Waals surface area contributed by atoms with Crippen molar-refractivity contribution in [2.24, 2.45) is 0 Å². The SMILES string of the molecule is CCCCCCCCOC(=O)NNC(=O)c1ccc(O)cc1. The number of carbonyl (C=O) groups is 2. The minimum Gasteiger partial charge on any atom is -0.508 e. The second-order valence-electron chi connectivity index (χ2n) is 5.03. The predicted octanol–water partition coefficient (Wildman–Crippen LogP) is 3.12. The van der Waals surface area contributed by atoms with Gasteiger partial charge in [-0.2, -0.15) is 0 Å². The van der Waals surface area contributed by atoms with E-state index < -0.39 is 12.0 Å². The van der Waals surface area contributed by atoms with Crippen LogP contribution in [0.1, 0.15) is 55.8 Å². The molecule has 22 heavy (non-hydrogen) atoms. The monoisotopic (exact) mass is 308 g/mol. The topological polar surface area (TPSA) is 87.7 Å². The quantitative estimate of drug-likeness (QED) is 0.508. The van der Waals surface area contributed by atoms with Gasteiger partial charge in [-0.25, -0.2) is 10.2 Å². The van der Waals surface area contributed by atoms with Crippen molar-refractivity contribution in [1.82, 2.24) is 10.9 Å². The van der Waals surface area contributed by atoms with E-state index in [1.54, 1.807) is 0 Å². The summed E-state index contributed by atoms with van der Waals surface area (Å²) in [6.45, 7) is 2.51. The second-order valence-corrected chi connectivity index (χ2v) is 5.03. The number of amides is 2. The van der Waals surface area contributed by atoms with Crippen LogP contribution in [0.5, 0.6) is 5.75 Å². The number of unbranched alkanes of at least 4 members (excludes halogenated alkanes) is 5. The van der Waals surface area contributed by atoms with Gasteiger partial charge >= 0.3 is 6.09 Å². The van der Waals surface area contributed by atoms with Gasteiger partial charge < -0.3 is 9.84 Å². The number of hydrazine groups is 1. The molecule has 0 atom stereocenters. The van der Waals surface area contributed by atoms with Gasteiger partial charge in [0.25, 0.3) is 5.91 Å². The molecule has 122 valence electrons. The van der Waals surface area contributed by atoms with Crippen LogP contribution in [0.3, 0.4) is 0 Å². The van der Waals surface area contributed by atoms with Crippen molar-refractivity contribution in [1.29, 1.82) is 0 Å². The van der Waals surface area contributed by atoms with E-state index in [0.29, 0.717) is 12.2 Å². The maximum atomic E-state index is 11.7. The molecule has 3 N–H and O–H groups in total. The number of phenols is 1. The largest absolute Gasteiger partial charge is 0.508 e. The van der Waals surface area contributed by atoms with Crippen LogP contribution in [0.25, 0.3) is 0 Å². The van der Waals surface area contributed by atoms with E-state index in [1.807, 2.05) is 0 Å². The van der Waals surface area contributed by atoms with Crippen LogP contribution in [0.15, 0.2) is 24.3 Å². The third-order valence-electron chi connectivity index (χ3n) is 3.14. The first kappa shape index (κ1) is 17.8. The zero-order chi connectivity index (χ0) is 16.2. The summed E-state index contributed by atoms with van der Waals surface area (Å²) < 4.78 is 4.95. The van der Waals surface area contributed by atoms with Gasteiger partial charge in [0.15, 0.2) is 0 Å². The molecule has 2 amide bonds. The predicted molar refractivity (Wildman–Crippen MR) is 83.4 cm³/mol. The number of hydrogen-bond acceptors (Lipinski definition) is 4. The molecule has 1 aromatic carbocycles. The number of carbonyl (C=O) groups excluding carboxylic acids is 2. The molecular weight excluding hydrogens is 284 g/mol. The number of aromatic hydroxyl groups is 1. The van der Waals surface area contributed by atoms with E-state index in [2.05, 4.69) is 17.8 Å². The number of hydrogen-bond donors (Lipinski definition) is 3. The maximum Gasteiger partial charge on any atom is 0.426 e. The molecule has 6 nitrogen and oxygen atoms in total. The Morgan fingerprint density at radius 3 is 2.32 bits per heavy atom. The van der Waals surface area contributed by atoms with Crippen molar-refractivity contribution in [2.75, 3.05) is 6.61 Å². The molecule has 0 saturated heterocycles. The van der Waals surface area contributed by atoms with Crippen LogP contribution in [0.2, 0.25) is 0 Å². The molecule has 0 saturated carbocycles. The van der Waals surface area contributed by atoms with Crippen LogP contribution >= 0.6 is 0 Å². The number of rotatable bonds is 8. The van der Waals surface area contributed by atoms with Gasteiger partial charge in [-0.1, -0.05) is 39.0 Å². The molecule has 0 aliphatic heterocycles. The van der Waals surface area contributed by atoms with Gasteiger partial charge in [0.05, 0.1) is 6.61 Å². The normalized spacial score (nSPS) is 10.0. The van der Waals surface area contributed by atoms with Crippen molar-refractivity contribution in [3.8, 4) is 5.75 Å². The molecule has 0 heterocycles. The van der Waals surface area contributed by atoms with Gasteiger partial charge in [-0.3, -0.25) is 10.2 Å². The molecule has 0 radical (unpaired) electrons. The summed E-state index contributed by atoms with van der Waals surface area (Å²) in [6.07, 6.45) is 5.99. The Morgan fingerprint density at radius 2 is 1.64 bits per heavy atom. The van der Waals surface area contributed by atoms with Crippen molar-refractivity contribution in [3.05, 3.63) is 29.8 Å². The molecule has 0 fully saturated rings. The molecular formula is C16H24N2O4. The fourth-order valence-electron chi connectivity index (χ4n) is 1.88. The lowest BCUT2D eigenvalue weighted by Crippen LogP contribution is -2.42. The van der Waals surface area contributed by atoms with Crippen molar-refractivity contribution in [2.45, 2.75) is 45.4 Å². The first-order valence-corrected chi connectivity index (χ1v) is 7.65. The summed E-state index contributed by atoms with van der Waals surface area (Å²) in [7, 11) is 0. The number of ether oxygens (including phenoxy) is 1. The van der Waals surface area contributed by atoms with Gasteiger partial charge in [0, 0.05) is 5.56 Å². The molecule has 0 bridgehead atoms. The first-order valence-electron chi connectivity index (χ1n) is 7.65. The Morgan fingerprint density at radius 1 is 1.00 bits per heavy atom. The van der Waals surface area contributed by atoms with Crippen LogP contribution in [-0.4, -0.2) is 23.7 Å². The second kappa shape index (κ2) is 10.5. The summed E-state index contributed by atoms with van der Waals surface area (Å²) in [5.74, 6) is -0.403. The zero-order valence-corrected chi connectivity index (χ0v) is 12.9. The molecule has 0 unspecified atom stereocenters. The van der Waals surface area contributed by atoms with Gasteiger partial charge in [0.1, 0.15) is 5.75 Å². The number of nitrogens with one attached hydrogen (secondary N) is 2. The third kappa shape index (κ3) is 7.52. The minimum atomic E-state index is -0.680. The fraction of sp³-hybridized carbons (Fsp3) is 0.500. The molecule has 0 spiro atoms. The fourth-order valence-corrected chi connectivity index (χ4v) is 1.88. The van der Waals surface area contributed by atoms with E-state index in [1.165, 1.54) is 43.5 Å². The van der Waals surface area contributed by atoms with Crippen molar-refractivity contribution < 1.29 is 19.4 Å². The lowest BCUT2D eigenvalue weighted by molar-refractivity contribution is 0.0908. The Labute approximate surface area is 130 Å². The summed E-state index contributed by atoms with van der Waals surface area (Å²) >= 11 is 0.